The maximum atomic E-state index is 12.8. The zero-order valence-corrected chi connectivity index (χ0v) is 19.8. The molecule has 0 aliphatic carbocycles. The molecule has 0 radical (unpaired) electrons. The molecular formula is C26H30N4O4. The van der Waals surface area contributed by atoms with Crippen molar-refractivity contribution in [2.45, 2.75) is 19.9 Å². The molecule has 4 rings (SSSR count). The second-order valence-electron chi connectivity index (χ2n) is 8.69. The fourth-order valence-electron chi connectivity index (χ4n) is 4.40. The van der Waals surface area contributed by atoms with Crippen LogP contribution in [0.4, 0.5) is 10.5 Å². The maximum Gasteiger partial charge on any atom is 0.338 e. The average molecular weight is 463 g/mol. The number of carbonyl (C=O) groups is 3. The van der Waals surface area contributed by atoms with E-state index in [9.17, 15) is 14.4 Å². The number of amides is 2. The van der Waals surface area contributed by atoms with Crippen LogP contribution in [0.2, 0.25) is 0 Å². The first-order valence-electron chi connectivity index (χ1n) is 11.4. The van der Waals surface area contributed by atoms with Crippen LogP contribution >= 0.6 is 0 Å². The van der Waals surface area contributed by atoms with Gasteiger partial charge in [-0.3, -0.25) is 9.69 Å². The Bertz CT molecular complexity index is 1100. The molecule has 2 N–H and O–H groups in total. The van der Waals surface area contributed by atoms with Gasteiger partial charge >= 0.3 is 12.0 Å². The summed E-state index contributed by atoms with van der Waals surface area (Å²) in [5.74, 6) is -0.406. The Morgan fingerprint density at radius 1 is 1.00 bits per heavy atom. The molecule has 0 bridgehead atoms. The largest absolute Gasteiger partial charge is 0.466 e. The number of rotatable bonds is 6. The SMILES string of the molecule is COC(=O)C1=C(CN2CCN(c3ccc(C(C)=O)cc3)CC2)NC(=O)N[C@H]1c1ccc(C)cc1. The van der Waals surface area contributed by atoms with Crippen molar-refractivity contribution in [3.63, 3.8) is 0 Å². The van der Waals surface area contributed by atoms with Gasteiger partial charge < -0.3 is 20.3 Å². The van der Waals surface area contributed by atoms with E-state index in [4.69, 9.17) is 4.74 Å². The number of hydrogen-bond acceptors (Lipinski definition) is 6. The first-order chi connectivity index (χ1) is 16.4. The third-order valence-electron chi connectivity index (χ3n) is 6.36. The number of piperazine rings is 1. The lowest BCUT2D eigenvalue weighted by atomic mass is 9.94. The van der Waals surface area contributed by atoms with E-state index < -0.39 is 12.0 Å². The summed E-state index contributed by atoms with van der Waals surface area (Å²) in [5.41, 5.74) is 4.70. The second kappa shape index (κ2) is 10.1. The van der Waals surface area contributed by atoms with Crippen LogP contribution in [-0.4, -0.2) is 62.5 Å². The Morgan fingerprint density at radius 2 is 1.65 bits per heavy atom. The van der Waals surface area contributed by atoms with Gasteiger partial charge in [0.25, 0.3) is 0 Å². The zero-order chi connectivity index (χ0) is 24.2. The first kappa shape index (κ1) is 23.5. The van der Waals surface area contributed by atoms with Crippen molar-refractivity contribution in [2.75, 3.05) is 44.7 Å². The lowest BCUT2D eigenvalue weighted by Gasteiger charge is -2.38. The molecule has 178 valence electrons. The normalized spacial score (nSPS) is 18.9. The van der Waals surface area contributed by atoms with Gasteiger partial charge in [0.1, 0.15) is 0 Å². The Labute approximate surface area is 199 Å². The van der Waals surface area contributed by atoms with Gasteiger partial charge in [-0.25, -0.2) is 9.59 Å². The third-order valence-corrected chi connectivity index (χ3v) is 6.36. The summed E-state index contributed by atoms with van der Waals surface area (Å²) in [4.78, 5) is 41.3. The monoisotopic (exact) mass is 462 g/mol. The fourth-order valence-corrected chi connectivity index (χ4v) is 4.40. The van der Waals surface area contributed by atoms with Crippen LogP contribution in [0.5, 0.6) is 0 Å². The van der Waals surface area contributed by atoms with Crippen LogP contribution in [0.3, 0.4) is 0 Å². The van der Waals surface area contributed by atoms with E-state index in [0.717, 1.165) is 43.0 Å². The number of nitrogens with one attached hydrogen (secondary N) is 2. The Hall–Kier alpha value is -3.65. The predicted octanol–water partition coefficient (Wildman–Crippen LogP) is 2.80. The van der Waals surface area contributed by atoms with E-state index in [2.05, 4.69) is 20.4 Å². The highest BCUT2D eigenvalue weighted by molar-refractivity contribution is 5.95. The Balaban J connectivity index is 1.50. The predicted molar refractivity (Wildman–Crippen MR) is 130 cm³/mol. The molecule has 2 aliphatic heterocycles. The molecule has 0 unspecified atom stereocenters. The molecule has 2 amide bonds. The molecule has 2 aliphatic rings. The van der Waals surface area contributed by atoms with Crippen molar-refractivity contribution in [3.05, 3.63) is 76.5 Å². The van der Waals surface area contributed by atoms with Crippen molar-refractivity contribution in [3.8, 4) is 0 Å². The molecule has 8 heteroatoms. The molecule has 2 aromatic carbocycles. The summed E-state index contributed by atoms with van der Waals surface area (Å²) < 4.78 is 5.08. The number of methoxy groups -OCH3 is 1. The molecule has 1 saturated heterocycles. The van der Waals surface area contributed by atoms with Gasteiger partial charge in [-0.15, -0.1) is 0 Å². The number of esters is 1. The molecule has 1 fully saturated rings. The topological polar surface area (TPSA) is 91.0 Å². The standard InChI is InChI=1S/C26H30N4O4/c1-17-4-6-20(7-5-17)24-23(25(32)34-3)22(27-26(33)28-24)16-29-12-14-30(15-13-29)21-10-8-19(9-11-21)18(2)31/h4-11,24H,12-16H2,1-3H3,(H2,27,28,33)/t24-/m0/s1. The van der Waals surface area contributed by atoms with Crippen LogP contribution < -0.4 is 15.5 Å². The molecule has 8 nitrogen and oxygen atoms in total. The molecule has 2 aromatic rings. The van der Waals surface area contributed by atoms with Crippen molar-refractivity contribution in [1.82, 2.24) is 15.5 Å². The first-order valence-corrected chi connectivity index (χ1v) is 11.4. The molecule has 1 atom stereocenters. The number of Topliss-reactive ketones (excluding diaryl/α,β-unsaturated/α-hetero) is 1. The van der Waals surface area contributed by atoms with Gasteiger partial charge in [0, 0.05) is 49.7 Å². The smallest absolute Gasteiger partial charge is 0.338 e. The van der Waals surface area contributed by atoms with Crippen LogP contribution in [-0.2, 0) is 9.53 Å². The Morgan fingerprint density at radius 3 is 2.24 bits per heavy atom. The summed E-state index contributed by atoms with van der Waals surface area (Å²) in [6.07, 6.45) is 0. The summed E-state index contributed by atoms with van der Waals surface area (Å²) in [6, 6.07) is 14.5. The van der Waals surface area contributed by atoms with Gasteiger partial charge in [-0.1, -0.05) is 29.8 Å². The van der Waals surface area contributed by atoms with Crippen LogP contribution in [0, 0.1) is 6.92 Å². The summed E-state index contributed by atoms with van der Waals surface area (Å²) >= 11 is 0. The van der Waals surface area contributed by atoms with Crippen molar-refractivity contribution < 1.29 is 19.1 Å². The molecule has 0 aromatic heterocycles. The van der Waals surface area contributed by atoms with E-state index in [1.54, 1.807) is 6.92 Å². The highest BCUT2D eigenvalue weighted by Crippen LogP contribution is 2.28. The van der Waals surface area contributed by atoms with Gasteiger partial charge in [-0.05, 0) is 43.7 Å². The van der Waals surface area contributed by atoms with Crippen LogP contribution in [0.1, 0.15) is 34.5 Å². The van der Waals surface area contributed by atoms with Gasteiger partial charge in [-0.2, -0.15) is 0 Å². The third kappa shape index (κ3) is 5.12. The van der Waals surface area contributed by atoms with Gasteiger partial charge in [0.05, 0.1) is 18.7 Å². The number of carbonyl (C=O) groups excluding carboxylic acids is 3. The number of nitrogens with zero attached hydrogens (tertiary/aromatic N) is 2. The summed E-state index contributed by atoms with van der Waals surface area (Å²) in [7, 11) is 1.35. The molecule has 0 saturated carbocycles. The molecule has 34 heavy (non-hydrogen) atoms. The van der Waals surface area contributed by atoms with E-state index in [1.165, 1.54) is 7.11 Å². The fraction of sp³-hybridized carbons (Fsp3) is 0.346. The summed E-state index contributed by atoms with van der Waals surface area (Å²) in [5, 5.41) is 5.71. The van der Waals surface area contributed by atoms with E-state index in [-0.39, 0.29) is 11.8 Å². The minimum Gasteiger partial charge on any atom is -0.466 e. The van der Waals surface area contributed by atoms with Crippen LogP contribution in [0.25, 0.3) is 0 Å². The lowest BCUT2D eigenvalue weighted by Crippen LogP contribution is -2.51. The minimum atomic E-state index is -0.571. The number of ketones is 1. The zero-order valence-electron chi connectivity index (χ0n) is 19.8. The number of benzene rings is 2. The average Bonchev–Trinajstić information content (AvgIpc) is 2.84. The number of ether oxygens (including phenoxy) is 1. The van der Waals surface area contributed by atoms with Crippen molar-refractivity contribution in [1.29, 1.82) is 0 Å². The van der Waals surface area contributed by atoms with E-state index in [1.807, 2.05) is 55.5 Å². The van der Waals surface area contributed by atoms with E-state index >= 15 is 0 Å². The minimum absolute atomic E-state index is 0.0546. The quantitative estimate of drug-likeness (QED) is 0.507. The lowest BCUT2D eigenvalue weighted by molar-refractivity contribution is -0.136. The van der Waals surface area contributed by atoms with Crippen molar-refractivity contribution in [2.24, 2.45) is 0 Å². The number of urea groups is 1. The summed E-state index contributed by atoms with van der Waals surface area (Å²) in [6.45, 7) is 7.13. The van der Waals surface area contributed by atoms with E-state index in [0.29, 0.717) is 23.4 Å². The molecular weight excluding hydrogens is 432 g/mol. The second-order valence-corrected chi connectivity index (χ2v) is 8.69. The number of hydrogen-bond donors (Lipinski definition) is 2. The van der Waals surface area contributed by atoms with Gasteiger partial charge in [0.2, 0.25) is 0 Å². The highest BCUT2D eigenvalue weighted by Gasteiger charge is 2.34. The highest BCUT2D eigenvalue weighted by atomic mass is 16.5. The Kier molecular flexibility index (Phi) is 6.98. The maximum absolute atomic E-state index is 12.8. The van der Waals surface area contributed by atoms with Gasteiger partial charge in [0.15, 0.2) is 5.78 Å². The van der Waals surface area contributed by atoms with Crippen molar-refractivity contribution >= 4 is 23.5 Å². The molecule has 0 spiro atoms. The number of anilines is 1. The molecule has 2 heterocycles. The number of aryl methyl sites for hydroxylation is 1. The van der Waals surface area contributed by atoms with Crippen LogP contribution in [0.15, 0.2) is 59.8 Å².